The number of anilines is 1. The van der Waals surface area contributed by atoms with Gasteiger partial charge in [-0.25, -0.2) is 0 Å². The molecule has 1 aliphatic carbocycles. The predicted octanol–water partition coefficient (Wildman–Crippen LogP) is 4.95. The molecular formula is C22H33N3O. The molecule has 0 spiro atoms. The first-order chi connectivity index (χ1) is 12.7. The van der Waals surface area contributed by atoms with Crippen molar-refractivity contribution in [2.75, 3.05) is 32.1 Å². The minimum atomic E-state index is 0.705. The fourth-order valence-electron chi connectivity index (χ4n) is 4.09. The number of hydrogen-bond donors (Lipinski definition) is 1. The highest BCUT2D eigenvalue weighted by molar-refractivity contribution is 5.91. The van der Waals surface area contributed by atoms with Crippen LogP contribution in [0.25, 0.3) is 10.9 Å². The molecule has 3 rings (SSSR count). The number of ether oxygens (including phenoxy) is 1. The van der Waals surface area contributed by atoms with Gasteiger partial charge in [-0.2, -0.15) is 0 Å². The molecule has 0 unspecified atom stereocenters. The molecule has 1 heterocycles. The van der Waals surface area contributed by atoms with Crippen molar-refractivity contribution in [3.05, 3.63) is 30.5 Å². The number of nitrogens with one attached hydrogen (secondary N) is 1. The van der Waals surface area contributed by atoms with Gasteiger partial charge in [0.2, 0.25) is 0 Å². The summed E-state index contributed by atoms with van der Waals surface area (Å²) in [4.78, 5) is 7.26. The summed E-state index contributed by atoms with van der Waals surface area (Å²) < 4.78 is 5.46. The highest BCUT2D eigenvalue weighted by atomic mass is 16.5. The summed E-state index contributed by atoms with van der Waals surface area (Å²) in [7, 11) is 1.72. The largest absolute Gasteiger partial charge is 0.497 e. The number of methoxy groups -OCH3 is 1. The third kappa shape index (κ3) is 4.88. The van der Waals surface area contributed by atoms with Gasteiger partial charge in [-0.3, -0.25) is 9.88 Å². The number of rotatable bonds is 8. The maximum absolute atomic E-state index is 5.46. The highest BCUT2D eigenvalue weighted by Crippen LogP contribution is 2.28. The van der Waals surface area contributed by atoms with E-state index in [1.54, 1.807) is 7.11 Å². The highest BCUT2D eigenvalue weighted by Gasteiger charge is 2.21. The van der Waals surface area contributed by atoms with Crippen LogP contribution < -0.4 is 10.1 Å². The number of fused-ring (bicyclic) bond motifs is 1. The van der Waals surface area contributed by atoms with Gasteiger partial charge in [-0.15, -0.1) is 0 Å². The fourth-order valence-corrected chi connectivity index (χ4v) is 4.09. The van der Waals surface area contributed by atoms with Gasteiger partial charge in [0.05, 0.1) is 18.3 Å². The van der Waals surface area contributed by atoms with Crippen LogP contribution in [0, 0.1) is 5.92 Å². The Kier molecular flexibility index (Phi) is 6.73. The first kappa shape index (κ1) is 19.0. The van der Waals surface area contributed by atoms with Crippen molar-refractivity contribution < 1.29 is 4.74 Å². The van der Waals surface area contributed by atoms with Crippen LogP contribution in [0.2, 0.25) is 0 Å². The van der Waals surface area contributed by atoms with Crippen LogP contribution in [0.4, 0.5) is 5.69 Å². The van der Waals surface area contributed by atoms with Crippen molar-refractivity contribution in [3.63, 3.8) is 0 Å². The van der Waals surface area contributed by atoms with Crippen LogP contribution in [-0.4, -0.2) is 42.7 Å². The molecule has 1 fully saturated rings. The average Bonchev–Trinajstić information content (AvgIpc) is 2.67. The van der Waals surface area contributed by atoms with E-state index in [9.17, 15) is 0 Å². The van der Waals surface area contributed by atoms with Crippen molar-refractivity contribution in [2.24, 2.45) is 5.92 Å². The van der Waals surface area contributed by atoms with Crippen molar-refractivity contribution in [3.8, 4) is 5.75 Å². The smallest absolute Gasteiger partial charge is 0.121 e. The van der Waals surface area contributed by atoms with Gasteiger partial charge in [-0.1, -0.05) is 39.2 Å². The van der Waals surface area contributed by atoms with Crippen LogP contribution in [0.5, 0.6) is 5.75 Å². The number of nitrogens with zero attached hydrogens (tertiary/aromatic N) is 2. The molecule has 0 saturated heterocycles. The fraction of sp³-hybridized carbons (Fsp3) is 0.591. The van der Waals surface area contributed by atoms with Crippen LogP contribution in [0.3, 0.4) is 0 Å². The maximum atomic E-state index is 5.46. The van der Waals surface area contributed by atoms with E-state index >= 15 is 0 Å². The second-order valence-electron chi connectivity index (χ2n) is 7.86. The first-order valence-corrected chi connectivity index (χ1v) is 10.1. The Bertz CT molecular complexity index is 695. The zero-order valence-corrected chi connectivity index (χ0v) is 16.5. The van der Waals surface area contributed by atoms with E-state index in [4.69, 9.17) is 4.74 Å². The maximum Gasteiger partial charge on any atom is 0.121 e. The lowest BCUT2D eigenvalue weighted by Gasteiger charge is -2.35. The molecule has 1 saturated carbocycles. The van der Waals surface area contributed by atoms with Gasteiger partial charge in [0.25, 0.3) is 0 Å². The molecule has 4 nitrogen and oxygen atoms in total. The summed E-state index contributed by atoms with van der Waals surface area (Å²) in [5, 5.41) is 4.73. The normalized spacial score (nSPS) is 15.7. The Morgan fingerprint density at radius 1 is 1.23 bits per heavy atom. The molecule has 0 bridgehead atoms. The minimum absolute atomic E-state index is 0.705. The van der Waals surface area contributed by atoms with Gasteiger partial charge in [0.1, 0.15) is 5.75 Å². The van der Waals surface area contributed by atoms with Crippen molar-refractivity contribution in [2.45, 2.75) is 52.0 Å². The molecule has 142 valence electrons. The Labute approximate surface area is 157 Å². The number of hydrogen-bond acceptors (Lipinski definition) is 4. The van der Waals surface area contributed by atoms with Gasteiger partial charge < -0.3 is 10.1 Å². The van der Waals surface area contributed by atoms with E-state index in [0.717, 1.165) is 41.5 Å². The van der Waals surface area contributed by atoms with Gasteiger partial charge in [0, 0.05) is 43.3 Å². The van der Waals surface area contributed by atoms with E-state index in [1.807, 2.05) is 18.3 Å². The lowest BCUT2D eigenvalue weighted by molar-refractivity contribution is 0.145. The van der Waals surface area contributed by atoms with Gasteiger partial charge >= 0.3 is 0 Å². The molecule has 0 amide bonds. The molecule has 4 heteroatoms. The van der Waals surface area contributed by atoms with E-state index in [1.165, 1.54) is 38.6 Å². The van der Waals surface area contributed by atoms with Crippen molar-refractivity contribution in [1.29, 1.82) is 0 Å². The third-order valence-corrected chi connectivity index (χ3v) is 5.32. The predicted molar refractivity (Wildman–Crippen MR) is 110 cm³/mol. The van der Waals surface area contributed by atoms with E-state index in [-0.39, 0.29) is 0 Å². The standard InChI is InChI=1S/C22H33N3O/c1-17(2)16-25(19-9-5-4-6-10-19)13-12-23-21-15-20(26-3)14-18-8-7-11-24-22(18)21/h7-8,11,14-15,17,19,23H,4-6,9-10,12-13,16H2,1-3H3. The molecule has 0 aliphatic heterocycles. The molecule has 26 heavy (non-hydrogen) atoms. The third-order valence-electron chi connectivity index (χ3n) is 5.32. The second kappa shape index (κ2) is 9.22. The quantitative estimate of drug-likeness (QED) is 0.727. The summed E-state index contributed by atoms with van der Waals surface area (Å²) in [6.07, 6.45) is 8.75. The van der Waals surface area contributed by atoms with E-state index in [0.29, 0.717) is 5.92 Å². The molecule has 1 aliphatic rings. The topological polar surface area (TPSA) is 37.4 Å². The van der Waals surface area contributed by atoms with Gasteiger partial charge in [0.15, 0.2) is 0 Å². The zero-order valence-electron chi connectivity index (χ0n) is 16.5. The van der Waals surface area contributed by atoms with Crippen molar-refractivity contribution in [1.82, 2.24) is 9.88 Å². The Morgan fingerprint density at radius 3 is 2.77 bits per heavy atom. The second-order valence-corrected chi connectivity index (χ2v) is 7.86. The van der Waals surface area contributed by atoms with Crippen LogP contribution in [0.15, 0.2) is 30.5 Å². The lowest BCUT2D eigenvalue weighted by atomic mass is 9.93. The molecular weight excluding hydrogens is 322 g/mol. The van der Waals surface area contributed by atoms with E-state index in [2.05, 4.69) is 41.2 Å². The Morgan fingerprint density at radius 2 is 2.04 bits per heavy atom. The first-order valence-electron chi connectivity index (χ1n) is 10.1. The summed E-state index contributed by atoms with van der Waals surface area (Å²) in [6, 6.07) is 8.92. The molecule has 0 radical (unpaired) electrons. The average molecular weight is 356 g/mol. The summed E-state index contributed by atoms with van der Waals surface area (Å²) in [6.45, 7) is 7.84. The number of pyridine rings is 1. The van der Waals surface area contributed by atoms with Crippen LogP contribution >= 0.6 is 0 Å². The molecule has 2 aromatic rings. The van der Waals surface area contributed by atoms with Crippen molar-refractivity contribution >= 4 is 16.6 Å². The van der Waals surface area contributed by atoms with E-state index < -0.39 is 0 Å². The molecule has 1 N–H and O–H groups in total. The zero-order chi connectivity index (χ0) is 18.4. The molecule has 1 aromatic carbocycles. The van der Waals surface area contributed by atoms with Crippen LogP contribution in [0.1, 0.15) is 46.0 Å². The summed E-state index contributed by atoms with van der Waals surface area (Å²) in [5.74, 6) is 1.58. The lowest BCUT2D eigenvalue weighted by Crippen LogP contribution is -2.41. The number of benzene rings is 1. The Hall–Kier alpha value is -1.81. The van der Waals surface area contributed by atoms with Crippen LogP contribution in [-0.2, 0) is 0 Å². The monoisotopic (exact) mass is 355 g/mol. The minimum Gasteiger partial charge on any atom is -0.497 e. The van der Waals surface area contributed by atoms with Gasteiger partial charge in [-0.05, 0) is 30.9 Å². The molecule has 1 aromatic heterocycles. The SMILES string of the molecule is COc1cc(NCCN(CC(C)C)C2CCCCC2)c2ncccc2c1. The number of aromatic nitrogens is 1. The molecule has 0 atom stereocenters. The Balaban J connectivity index is 1.68. The summed E-state index contributed by atoms with van der Waals surface area (Å²) >= 11 is 0. The summed E-state index contributed by atoms with van der Waals surface area (Å²) in [5.41, 5.74) is 2.08.